The molecule has 0 aliphatic carbocycles. The molecule has 0 fully saturated rings. The first-order valence-electron chi connectivity index (χ1n) is 4.45. The van der Waals surface area contributed by atoms with Crippen LogP contribution < -0.4 is 5.32 Å². The van der Waals surface area contributed by atoms with Gasteiger partial charge in [-0.3, -0.25) is 4.79 Å². The summed E-state index contributed by atoms with van der Waals surface area (Å²) in [6, 6.07) is 5.89. The molecule has 0 aromatic heterocycles. The number of benzene rings is 1. The molecule has 0 saturated heterocycles. The topological polar surface area (TPSA) is 29.1 Å². The fourth-order valence-corrected chi connectivity index (χ4v) is 1.72. The summed E-state index contributed by atoms with van der Waals surface area (Å²) in [7, 11) is 0. The number of halogens is 1. The second-order valence-corrected chi connectivity index (χ2v) is 3.80. The molecule has 0 spiro atoms. The minimum absolute atomic E-state index is 0.0380. The van der Waals surface area contributed by atoms with Gasteiger partial charge in [-0.2, -0.15) is 0 Å². The highest BCUT2D eigenvalue weighted by molar-refractivity contribution is 9.09. The van der Waals surface area contributed by atoms with E-state index in [1.54, 1.807) is 0 Å². The van der Waals surface area contributed by atoms with Crippen LogP contribution in [0.5, 0.6) is 0 Å². The van der Waals surface area contributed by atoms with E-state index < -0.39 is 0 Å². The number of alkyl halides is 1. The summed E-state index contributed by atoms with van der Waals surface area (Å²) in [5, 5.41) is 3.64. The Morgan fingerprint density at radius 1 is 1.50 bits per heavy atom. The summed E-state index contributed by atoms with van der Waals surface area (Å²) in [5.41, 5.74) is 3.03. The summed E-state index contributed by atoms with van der Waals surface area (Å²) >= 11 is 3.33. The Morgan fingerprint density at radius 2 is 2.36 bits per heavy atom. The largest absolute Gasteiger partial charge is 0.348 e. The average Bonchev–Trinajstić information content (AvgIpc) is 2.57. The van der Waals surface area contributed by atoms with Gasteiger partial charge in [0, 0.05) is 17.4 Å². The van der Waals surface area contributed by atoms with Crippen molar-refractivity contribution in [1.82, 2.24) is 5.32 Å². The summed E-state index contributed by atoms with van der Waals surface area (Å²) in [6.45, 7) is 0.657. The van der Waals surface area contributed by atoms with Gasteiger partial charge in [-0.1, -0.05) is 34.1 Å². The molecule has 0 radical (unpaired) electrons. The van der Waals surface area contributed by atoms with Gasteiger partial charge in [0.15, 0.2) is 0 Å². The van der Waals surface area contributed by atoms with E-state index in [4.69, 9.17) is 0 Å². The van der Waals surface area contributed by atoms with E-state index in [2.05, 4.69) is 21.2 Å². The lowest BCUT2D eigenvalue weighted by Crippen LogP contribution is -2.12. The Bertz CT molecular complexity index is 398. The molecule has 1 amide bonds. The molecule has 0 bridgehead atoms. The third-order valence-electron chi connectivity index (χ3n) is 2.21. The molecule has 1 N–H and O–H groups in total. The quantitative estimate of drug-likeness (QED) is 0.804. The van der Waals surface area contributed by atoms with Crippen LogP contribution in [0.1, 0.15) is 21.5 Å². The first-order chi connectivity index (χ1) is 6.81. The molecule has 1 heterocycles. The van der Waals surface area contributed by atoms with Crippen LogP contribution >= 0.6 is 15.9 Å². The maximum atomic E-state index is 11.3. The van der Waals surface area contributed by atoms with Gasteiger partial charge in [0.2, 0.25) is 0 Å². The maximum Gasteiger partial charge on any atom is 0.251 e. The van der Waals surface area contributed by atoms with E-state index >= 15 is 0 Å². The van der Waals surface area contributed by atoms with E-state index in [9.17, 15) is 4.79 Å². The van der Waals surface area contributed by atoms with Crippen molar-refractivity contribution >= 4 is 27.9 Å². The van der Waals surface area contributed by atoms with Crippen LogP contribution in [0.15, 0.2) is 24.3 Å². The van der Waals surface area contributed by atoms with Gasteiger partial charge in [-0.05, 0) is 23.3 Å². The van der Waals surface area contributed by atoms with Crippen LogP contribution in [-0.2, 0) is 6.54 Å². The minimum Gasteiger partial charge on any atom is -0.348 e. The molecule has 0 unspecified atom stereocenters. The van der Waals surface area contributed by atoms with Crippen LogP contribution in [0.3, 0.4) is 0 Å². The highest BCUT2D eigenvalue weighted by Crippen LogP contribution is 2.17. The molecule has 0 atom stereocenters. The predicted molar refractivity (Wildman–Crippen MR) is 60.4 cm³/mol. The number of carbonyl (C=O) groups is 1. The van der Waals surface area contributed by atoms with Crippen molar-refractivity contribution in [2.24, 2.45) is 0 Å². The van der Waals surface area contributed by atoms with E-state index in [0.717, 1.165) is 22.0 Å². The van der Waals surface area contributed by atoms with Crippen molar-refractivity contribution in [3.05, 3.63) is 41.0 Å². The zero-order chi connectivity index (χ0) is 9.97. The maximum absolute atomic E-state index is 11.3. The average molecular weight is 252 g/mol. The molecular formula is C11H10BrNO. The molecule has 1 aliphatic rings. The predicted octanol–water partition coefficient (Wildman–Crippen LogP) is 2.34. The van der Waals surface area contributed by atoms with Gasteiger partial charge in [0.05, 0.1) is 0 Å². The third kappa shape index (κ3) is 1.73. The first-order valence-corrected chi connectivity index (χ1v) is 5.57. The number of hydrogen-bond donors (Lipinski definition) is 1. The van der Waals surface area contributed by atoms with Crippen molar-refractivity contribution in [3.8, 4) is 0 Å². The number of hydrogen-bond acceptors (Lipinski definition) is 1. The Balaban J connectivity index is 2.32. The minimum atomic E-state index is 0.0380. The molecule has 72 valence electrons. The zero-order valence-corrected chi connectivity index (χ0v) is 9.17. The summed E-state index contributed by atoms with van der Waals surface area (Å²) in [4.78, 5) is 11.3. The highest BCUT2D eigenvalue weighted by Gasteiger charge is 2.17. The van der Waals surface area contributed by atoms with Gasteiger partial charge in [-0.25, -0.2) is 0 Å². The molecular weight excluding hydrogens is 242 g/mol. The number of carbonyl (C=O) groups excluding carboxylic acids is 1. The Morgan fingerprint density at radius 3 is 3.14 bits per heavy atom. The summed E-state index contributed by atoms with van der Waals surface area (Å²) in [5.74, 6) is 0.0380. The number of amides is 1. The Hall–Kier alpha value is -1.09. The van der Waals surface area contributed by atoms with Gasteiger partial charge in [0.25, 0.3) is 5.91 Å². The number of allylic oxidation sites excluding steroid dienone is 1. The molecule has 0 saturated carbocycles. The van der Waals surface area contributed by atoms with Crippen molar-refractivity contribution < 1.29 is 4.79 Å². The molecule has 1 aliphatic heterocycles. The molecule has 1 aromatic carbocycles. The van der Waals surface area contributed by atoms with Crippen molar-refractivity contribution in [2.75, 3.05) is 5.33 Å². The Labute approximate surface area is 91.1 Å². The standard InChI is InChI=1S/C11H10BrNO/c12-5-1-2-8-3-4-10-9(6-8)7-13-11(10)14/h1-4,6H,5,7H2,(H,13,14). The molecule has 14 heavy (non-hydrogen) atoms. The number of rotatable bonds is 2. The zero-order valence-electron chi connectivity index (χ0n) is 7.59. The van der Waals surface area contributed by atoms with Crippen molar-refractivity contribution in [2.45, 2.75) is 6.54 Å². The third-order valence-corrected chi connectivity index (χ3v) is 2.59. The second kappa shape index (κ2) is 3.96. The lowest BCUT2D eigenvalue weighted by atomic mass is 10.1. The van der Waals surface area contributed by atoms with Crippen LogP contribution in [0.4, 0.5) is 0 Å². The fraction of sp³-hybridized carbons (Fsp3) is 0.182. The fourth-order valence-electron chi connectivity index (χ4n) is 1.54. The molecule has 2 rings (SSSR count). The monoisotopic (exact) mass is 251 g/mol. The lowest BCUT2D eigenvalue weighted by Gasteiger charge is -1.97. The van der Waals surface area contributed by atoms with Gasteiger partial charge < -0.3 is 5.32 Å². The SMILES string of the molecule is O=C1NCc2cc(C=CCBr)ccc21. The first kappa shape index (κ1) is 9.46. The van der Waals surface area contributed by atoms with Gasteiger partial charge in [0.1, 0.15) is 0 Å². The van der Waals surface area contributed by atoms with Crippen molar-refractivity contribution in [3.63, 3.8) is 0 Å². The normalized spacial score (nSPS) is 14.5. The van der Waals surface area contributed by atoms with E-state index in [-0.39, 0.29) is 5.91 Å². The lowest BCUT2D eigenvalue weighted by molar-refractivity contribution is 0.0966. The van der Waals surface area contributed by atoms with Crippen LogP contribution in [0, 0.1) is 0 Å². The van der Waals surface area contributed by atoms with Crippen LogP contribution in [-0.4, -0.2) is 11.2 Å². The van der Waals surface area contributed by atoms with Gasteiger partial charge in [-0.15, -0.1) is 0 Å². The van der Waals surface area contributed by atoms with E-state index in [1.165, 1.54) is 0 Å². The van der Waals surface area contributed by atoms with Crippen LogP contribution in [0.25, 0.3) is 6.08 Å². The summed E-state index contributed by atoms with van der Waals surface area (Å²) in [6.07, 6.45) is 4.07. The summed E-state index contributed by atoms with van der Waals surface area (Å²) < 4.78 is 0. The molecule has 1 aromatic rings. The Kier molecular flexibility index (Phi) is 2.68. The molecule has 3 heteroatoms. The van der Waals surface area contributed by atoms with E-state index in [1.807, 2.05) is 30.4 Å². The van der Waals surface area contributed by atoms with Gasteiger partial charge >= 0.3 is 0 Å². The highest BCUT2D eigenvalue weighted by atomic mass is 79.9. The number of fused-ring (bicyclic) bond motifs is 1. The molecule has 2 nitrogen and oxygen atoms in total. The van der Waals surface area contributed by atoms with Crippen molar-refractivity contribution in [1.29, 1.82) is 0 Å². The number of nitrogens with one attached hydrogen (secondary N) is 1. The van der Waals surface area contributed by atoms with Crippen LogP contribution in [0.2, 0.25) is 0 Å². The smallest absolute Gasteiger partial charge is 0.251 e. The van der Waals surface area contributed by atoms with E-state index in [0.29, 0.717) is 6.54 Å². The second-order valence-electron chi connectivity index (χ2n) is 3.16.